The first-order valence-corrected chi connectivity index (χ1v) is 8.58. The van der Waals surface area contributed by atoms with Crippen LogP contribution in [0.4, 0.5) is 0 Å². The number of aromatic nitrogens is 3. The lowest BCUT2D eigenvalue weighted by Gasteiger charge is -2.22. The molecule has 0 radical (unpaired) electrons. The molecule has 6 nitrogen and oxygen atoms in total. The van der Waals surface area contributed by atoms with E-state index in [1.54, 1.807) is 6.20 Å². The van der Waals surface area contributed by atoms with Crippen LogP contribution < -0.4 is 10.1 Å². The monoisotopic (exact) mass is 314 g/mol. The van der Waals surface area contributed by atoms with E-state index in [9.17, 15) is 0 Å². The van der Waals surface area contributed by atoms with Crippen molar-refractivity contribution in [3.63, 3.8) is 0 Å². The Morgan fingerprint density at radius 2 is 2.00 bits per heavy atom. The van der Waals surface area contributed by atoms with Crippen molar-refractivity contribution >= 4 is 0 Å². The zero-order chi connectivity index (χ0) is 15.5. The molecule has 1 aliphatic heterocycles. The fourth-order valence-electron chi connectivity index (χ4n) is 3.33. The van der Waals surface area contributed by atoms with Gasteiger partial charge in [0, 0.05) is 17.8 Å². The van der Waals surface area contributed by atoms with Crippen LogP contribution >= 0.6 is 0 Å². The van der Waals surface area contributed by atoms with E-state index in [-0.39, 0.29) is 6.04 Å². The molecule has 6 heteroatoms. The quantitative estimate of drug-likeness (QED) is 0.933. The molecule has 1 saturated heterocycles. The summed E-state index contributed by atoms with van der Waals surface area (Å²) in [6, 6.07) is 4.04. The molecular weight excluding hydrogens is 292 g/mol. The molecule has 2 aliphatic rings. The molecule has 0 amide bonds. The maximum absolute atomic E-state index is 5.95. The SMILES string of the molecule is c1cc(OC2CCCCC2)ncc1-c1noc(C2CCCN2)n1. The summed E-state index contributed by atoms with van der Waals surface area (Å²) in [5.74, 6) is 1.94. The lowest BCUT2D eigenvalue weighted by Crippen LogP contribution is -2.20. The summed E-state index contributed by atoms with van der Waals surface area (Å²) >= 11 is 0. The van der Waals surface area contributed by atoms with Crippen molar-refractivity contribution in [2.45, 2.75) is 57.1 Å². The van der Waals surface area contributed by atoms with Gasteiger partial charge >= 0.3 is 0 Å². The highest BCUT2D eigenvalue weighted by molar-refractivity contribution is 5.53. The van der Waals surface area contributed by atoms with Crippen molar-refractivity contribution in [3.8, 4) is 17.3 Å². The summed E-state index contributed by atoms with van der Waals surface area (Å²) in [7, 11) is 0. The summed E-state index contributed by atoms with van der Waals surface area (Å²) in [5, 5.41) is 7.43. The minimum absolute atomic E-state index is 0.193. The number of hydrogen-bond acceptors (Lipinski definition) is 6. The molecule has 0 aromatic carbocycles. The first kappa shape index (κ1) is 14.6. The van der Waals surface area contributed by atoms with Gasteiger partial charge in [0.15, 0.2) is 0 Å². The van der Waals surface area contributed by atoms with Crippen LogP contribution in [-0.2, 0) is 0 Å². The van der Waals surface area contributed by atoms with Gasteiger partial charge in [-0.25, -0.2) is 4.98 Å². The lowest BCUT2D eigenvalue weighted by molar-refractivity contribution is 0.148. The Labute approximate surface area is 135 Å². The summed E-state index contributed by atoms with van der Waals surface area (Å²) in [6.45, 7) is 1.01. The van der Waals surface area contributed by atoms with Gasteiger partial charge < -0.3 is 14.6 Å². The van der Waals surface area contributed by atoms with Crippen molar-refractivity contribution in [1.82, 2.24) is 20.4 Å². The second-order valence-electron chi connectivity index (χ2n) is 6.37. The third kappa shape index (κ3) is 3.37. The third-order valence-corrected chi connectivity index (χ3v) is 4.63. The molecule has 1 N–H and O–H groups in total. The first-order valence-electron chi connectivity index (χ1n) is 8.58. The van der Waals surface area contributed by atoms with Gasteiger partial charge in [-0.3, -0.25) is 0 Å². The smallest absolute Gasteiger partial charge is 0.244 e. The van der Waals surface area contributed by atoms with Crippen LogP contribution in [-0.4, -0.2) is 27.8 Å². The largest absolute Gasteiger partial charge is 0.474 e. The molecular formula is C17H22N4O2. The van der Waals surface area contributed by atoms with E-state index in [4.69, 9.17) is 9.26 Å². The number of pyridine rings is 1. The number of nitrogens with one attached hydrogen (secondary N) is 1. The Hall–Kier alpha value is -1.95. The van der Waals surface area contributed by atoms with Crippen LogP contribution in [0.1, 0.15) is 56.9 Å². The Kier molecular flexibility index (Phi) is 4.24. The first-order chi connectivity index (χ1) is 11.4. The van der Waals surface area contributed by atoms with Gasteiger partial charge in [-0.1, -0.05) is 11.6 Å². The van der Waals surface area contributed by atoms with Crippen LogP contribution in [0.3, 0.4) is 0 Å². The van der Waals surface area contributed by atoms with E-state index in [1.807, 2.05) is 12.1 Å². The highest BCUT2D eigenvalue weighted by Gasteiger charge is 2.23. The van der Waals surface area contributed by atoms with Crippen molar-refractivity contribution in [3.05, 3.63) is 24.2 Å². The Morgan fingerprint density at radius 1 is 1.09 bits per heavy atom. The summed E-state index contributed by atoms with van der Waals surface area (Å²) < 4.78 is 11.3. The third-order valence-electron chi connectivity index (χ3n) is 4.63. The molecule has 0 bridgehead atoms. The molecule has 1 saturated carbocycles. The van der Waals surface area contributed by atoms with Gasteiger partial charge in [0.05, 0.1) is 6.04 Å². The molecule has 122 valence electrons. The van der Waals surface area contributed by atoms with Gasteiger partial charge in [-0.15, -0.1) is 0 Å². The predicted molar refractivity (Wildman–Crippen MR) is 85.0 cm³/mol. The second kappa shape index (κ2) is 6.66. The van der Waals surface area contributed by atoms with Crippen LogP contribution in [0.5, 0.6) is 5.88 Å². The topological polar surface area (TPSA) is 73.1 Å². The normalized spacial score (nSPS) is 22.3. The molecule has 2 aromatic heterocycles. The summed E-state index contributed by atoms with van der Waals surface area (Å²) in [5.41, 5.74) is 0.856. The van der Waals surface area contributed by atoms with Crippen molar-refractivity contribution in [1.29, 1.82) is 0 Å². The number of ether oxygens (including phenoxy) is 1. The molecule has 1 atom stereocenters. The minimum atomic E-state index is 0.193. The standard InChI is InChI=1S/C17H22N4O2/c1-2-5-13(6-3-1)22-15-9-8-12(11-19-15)16-20-17(23-21-16)14-7-4-10-18-14/h8-9,11,13-14,18H,1-7,10H2. The fraction of sp³-hybridized carbons (Fsp3) is 0.588. The fourth-order valence-corrected chi connectivity index (χ4v) is 3.33. The summed E-state index contributed by atoms with van der Waals surface area (Å²) in [4.78, 5) is 8.88. The maximum atomic E-state index is 5.95. The minimum Gasteiger partial charge on any atom is -0.474 e. The van der Waals surface area contributed by atoms with E-state index >= 15 is 0 Å². The molecule has 2 aromatic rings. The molecule has 1 aliphatic carbocycles. The van der Waals surface area contributed by atoms with E-state index < -0.39 is 0 Å². The highest BCUT2D eigenvalue weighted by Crippen LogP contribution is 2.26. The van der Waals surface area contributed by atoms with Gasteiger partial charge in [-0.05, 0) is 51.1 Å². The molecule has 0 spiro atoms. The molecule has 23 heavy (non-hydrogen) atoms. The lowest BCUT2D eigenvalue weighted by atomic mass is 9.98. The van der Waals surface area contributed by atoms with Crippen LogP contribution in [0, 0.1) is 0 Å². The molecule has 3 heterocycles. The number of rotatable bonds is 4. The zero-order valence-corrected chi connectivity index (χ0v) is 13.2. The average molecular weight is 314 g/mol. The zero-order valence-electron chi connectivity index (χ0n) is 13.2. The van der Waals surface area contributed by atoms with Gasteiger partial charge in [0.1, 0.15) is 6.10 Å². The second-order valence-corrected chi connectivity index (χ2v) is 6.37. The van der Waals surface area contributed by atoms with Crippen LogP contribution in [0.15, 0.2) is 22.9 Å². The Morgan fingerprint density at radius 3 is 2.74 bits per heavy atom. The number of nitrogens with zero attached hydrogens (tertiary/aromatic N) is 3. The highest BCUT2D eigenvalue weighted by atomic mass is 16.5. The van der Waals surface area contributed by atoms with Gasteiger partial charge in [0.2, 0.25) is 17.6 Å². The van der Waals surface area contributed by atoms with Crippen molar-refractivity contribution in [2.24, 2.45) is 0 Å². The van der Waals surface area contributed by atoms with E-state index in [1.165, 1.54) is 19.3 Å². The Bertz CT molecular complexity index is 628. The Balaban J connectivity index is 1.43. The van der Waals surface area contributed by atoms with Gasteiger partial charge in [0.25, 0.3) is 0 Å². The van der Waals surface area contributed by atoms with E-state index in [0.717, 1.165) is 37.8 Å². The number of hydrogen-bond donors (Lipinski definition) is 1. The van der Waals surface area contributed by atoms with Crippen LogP contribution in [0.2, 0.25) is 0 Å². The van der Waals surface area contributed by atoms with Gasteiger partial charge in [-0.2, -0.15) is 4.98 Å². The van der Waals surface area contributed by atoms with Crippen molar-refractivity contribution in [2.75, 3.05) is 6.54 Å². The summed E-state index contributed by atoms with van der Waals surface area (Å²) in [6.07, 6.45) is 10.4. The van der Waals surface area contributed by atoms with Crippen LogP contribution in [0.25, 0.3) is 11.4 Å². The molecule has 4 rings (SSSR count). The molecule has 1 unspecified atom stereocenters. The maximum Gasteiger partial charge on any atom is 0.244 e. The predicted octanol–water partition coefficient (Wildman–Crippen LogP) is 3.27. The molecule has 2 fully saturated rings. The van der Waals surface area contributed by atoms with Crippen molar-refractivity contribution < 1.29 is 9.26 Å². The van der Waals surface area contributed by atoms with E-state index in [0.29, 0.717) is 23.7 Å². The van der Waals surface area contributed by atoms with E-state index in [2.05, 4.69) is 20.4 Å². The average Bonchev–Trinajstić information content (AvgIpc) is 3.28.